The Kier molecular flexibility index (Phi) is 2.46. The number of furan rings is 1. The number of rotatable bonds is 3. The molecule has 3 heteroatoms. The zero-order chi connectivity index (χ0) is 10.7. The summed E-state index contributed by atoms with van der Waals surface area (Å²) >= 11 is 0. The molecule has 0 fully saturated rings. The number of aldehydes is 1. The maximum atomic E-state index is 11.7. The molecule has 1 heterocycles. The first-order valence-corrected chi connectivity index (χ1v) is 4.45. The molecule has 0 spiro atoms. The Balaban J connectivity index is 2.30. The fourth-order valence-electron chi connectivity index (χ4n) is 1.26. The molecule has 2 rings (SSSR count). The van der Waals surface area contributed by atoms with Crippen LogP contribution in [0.1, 0.15) is 26.5 Å². The Bertz CT molecular complexity index is 466. The van der Waals surface area contributed by atoms with Crippen LogP contribution in [0.2, 0.25) is 0 Å². The minimum atomic E-state index is -0.183. The number of benzene rings is 1. The van der Waals surface area contributed by atoms with E-state index in [-0.39, 0.29) is 5.78 Å². The van der Waals surface area contributed by atoms with Gasteiger partial charge in [-0.05, 0) is 12.1 Å². The van der Waals surface area contributed by atoms with Crippen molar-refractivity contribution in [2.45, 2.75) is 0 Å². The van der Waals surface area contributed by atoms with Gasteiger partial charge >= 0.3 is 0 Å². The molecule has 0 aliphatic rings. The minimum absolute atomic E-state index is 0.183. The van der Waals surface area contributed by atoms with Crippen LogP contribution in [0.15, 0.2) is 47.1 Å². The van der Waals surface area contributed by atoms with Crippen molar-refractivity contribution in [1.82, 2.24) is 0 Å². The van der Waals surface area contributed by atoms with Crippen LogP contribution in [0.3, 0.4) is 0 Å². The van der Waals surface area contributed by atoms with E-state index in [4.69, 9.17) is 4.42 Å². The fourth-order valence-corrected chi connectivity index (χ4v) is 1.26. The van der Waals surface area contributed by atoms with Crippen molar-refractivity contribution in [1.29, 1.82) is 0 Å². The highest BCUT2D eigenvalue weighted by Crippen LogP contribution is 2.10. The van der Waals surface area contributed by atoms with E-state index in [0.29, 0.717) is 16.9 Å². The first-order chi connectivity index (χ1) is 7.31. The SMILES string of the molecule is O=Cc1ccc(C(=O)c2ccco2)cc1. The molecule has 0 saturated carbocycles. The first kappa shape index (κ1) is 9.40. The maximum Gasteiger partial charge on any atom is 0.228 e. The summed E-state index contributed by atoms with van der Waals surface area (Å²) in [7, 11) is 0. The van der Waals surface area contributed by atoms with Crippen molar-refractivity contribution >= 4 is 12.1 Å². The number of hydrogen-bond donors (Lipinski definition) is 0. The predicted octanol–water partition coefficient (Wildman–Crippen LogP) is 2.32. The third kappa shape index (κ3) is 1.86. The van der Waals surface area contributed by atoms with Crippen LogP contribution in [-0.4, -0.2) is 12.1 Å². The van der Waals surface area contributed by atoms with Gasteiger partial charge in [0.05, 0.1) is 6.26 Å². The van der Waals surface area contributed by atoms with E-state index in [1.54, 1.807) is 36.4 Å². The molecule has 0 N–H and O–H groups in total. The molecular formula is C12H8O3. The maximum absolute atomic E-state index is 11.7. The van der Waals surface area contributed by atoms with E-state index in [9.17, 15) is 9.59 Å². The summed E-state index contributed by atoms with van der Waals surface area (Å²) in [5, 5.41) is 0. The average Bonchev–Trinajstić information content (AvgIpc) is 2.82. The highest BCUT2D eigenvalue weighted by molar-refractivity contribution is 6.07. The molecule has 1 aromatic heterocycles. The van der Waals surface area contributed by atoms with Gasteiger partial charge in [0.15, 0.2) is 5.76 Å². The summed E-state index contributed by atoms with van der Waals surface area (Å²) in [5.41, 5.74) is 1.06. The normalized spacial score (nSPS) is 9.87. The van der Waals surface area contributed by atoms with E-state index in [1.807, 2.05) is 0 Å². The zero-order valence-electron chi connectivity index (χ0n) is 7.84. The smallest absolute Gasteiger partial charge is 0.228 e. The molecule has 15 heavy (non-hydrogen) atoms. The van der Waals surface area contributed by atoms with E-state index >= 15 is 0 Å². The molecule has 0 aliphatic heterocycles. The van der Waals surface area contributed by atoms with Crippen molar-refractivity contribution in [2.75, 3.05) is 0 Å². The lowest BCUT2D eigenvalue weighted by atomic mass is 10.1. The van der Waals surface area contributed by atoms with Gasteiger partial charge < -0.3 is 4.42 Å². The topological polar surface area (TPSA) is 47.3 Å². The van der Waals surface area contributed by atoms with Gasteiger partial charge in [-0.1, -0.05) is 24.3 Å². The third-order valence-electron chi connectivity index (χ3n) is 2.05. The summed E-state index contributed by atoms with van der Waals surface area (Å²) in [6.45, 7) is 0. The predicted molar refractivity (Wildman–Crippen MR) is 54.0 cm³/mol. The molecule has 0 atom stereocenters. The second kappa shape index (κ2) is 3.92. The van der Waals surface area contributed by atoms with Gasteiger partial charge in [-0.3, -0.25) is 9.59 Å². The van der Waals surface area contributed by atoms with Gasteiger partial charge in [0.2, 0.25) is 5.78 Å². The molecule has 0 amide bonds. The third-order valence-corrected chi connectivity index (χ3v) is 2.05. The van der Waals surface area contributed by atoms with Crippen molar-refractivity contribution in [3.8, 4) is 0 Å². The second-order valence-corrected chi connectivity index (χ2v) is 3.05. The van der Waals surface area contributed by atoms with E-state index in [2.05, 4.69) is 0 Å². The Morgan fingerprint density at radius 1 is 1.13 bits per heavy atom. The van der Waals surface area contributed by atoms with Gasteiger partial charge in [-0.2, -0.15) is 0 Å². The van der Waals surface area contributed by atoms with Crippen LogP contribution in [-0.2, 0) is 0 Å². The lowest BCUT2D eigenvalue weighted by Crippen LogP contribution is -1.99. The van der Waals surface area contributed by atoms with Crippen LogP contribution >= 0.6 is 0 Å². The molecule has 0 saturated heterocycles. The minimum Gasteiger partial charge on any atom is -0.461 e. The van der Waals surface area contributed by atoms with Crippen molar-refractivity contribution in [3.63, 3.8) is 0 Å². The fraction of sp³-hybridized carbons (Fsp3) is 0. The van der Waals surface area contributed by atoms with Crippen molar-refractivity contribution < 1.29 is 14.0 Å². The molecule has 74 valence electrons. The van der Waals surface area contributed by atoms with Gasteiger partial charge in [-0.25, -0.2) is 0 Å². The van der Waals surface area contributed by atoms with Crippen molar-refractivity contribution in [2.24, 2.45) is 0 Å². The summed E-state index contributed by atoms with van der Waals surface area (Å²) in [4.78, 5) is 22.1. The van der Waals surface area contributed by atoms with Gasteiger partial charge in [0.25, 0.3) is 0 Å². The molecule has 0 bridgehead atoms. The quantitative estimate of drug-likeness (QED) is 0.564. The average molecular weight is 200 g/mol. The standard InChI is InChI=1S/C12H8O3/c13-8-9-3-5-10(6-4-9)12(14)11-2-1-7-15-11/h1-8H. The van der Waals surface area contributed by atoms with Crippen LogP contribution < -0.4 is 0 Å². The lowest BCUT2D eigenvalue weighted by Gasteiger charge is -1.97. The molecule has 0 radical (unpaired) electrons. The van der Waals surface area contributed by atoms with Crippen LogP contribution in [0.4, 0.5) is 0 Å². The zero-order valence-corrected chi connectivity index (χ0v) is 7.84. The van der Waals surface area contributed by atoms with E-state index < -0.39 is 0 Å². The van der Waals surface area contributed by atoms with Crippen LogP contribution in [0.25, 0.3) is 0 Å². The number of carbonyl (C=O) groups excluding carboxylic acids is 2. The molecule has 3 nitrogen and oxygen atoms in total. The summed E-state index contributed by atoms with van der Waals surface area (Å²) in [6.07, 6.45) is 2.19. The number of carbonyl (C=O) groups is 2. The Morgan fingerprint density at radius 3 is 2.40 bits per heavy atom. The highest BCUT2D eigenvalue weighted by Gasteiger charge is 2.10. The van der Waals surface area contributed by atoms with Crippen molar-refractivity contribution in [3.05, 3.63) is 59.5 Å². The van der Waals surface area contributed by atoms with Crippen LogP contribution in [0, 0.1) is 0 Å². The molecular weight excluding hydrogens is 192 g/mol. The summed E-state index contributed by atoms with van der Waals surface area (Å²) < 4.78 is 4.99. The number of ketones is 1. The molecule has 2 aromatic rings. The summed E-state index contributed by atoms with van der Waals surface area (Å²) in [6, 6.07) is 9.68. The number of hydrogen-bond acceptors (Lipinski definition) is 3. The van der Waals surface area contributed by atoms with Gasteiger partial charge in [0.1, 0.15) is 6.29 Å². The van der Waals surface area contributed by atoms with E-state index in [0.717, 1.165) is 6.29 Å². The molecule has 0 unspecified atom stereocenters. The Morgan fingerprint density at radius 2 is 1.87 bits per heavy atom. The van der Waals surface area contributed by atoms with Crippen LogP contribution in [0.5, 0.6) is 0 Å². The van der Waals surface area contributed by atoms with Gasteiger partial charge in [0, 0.05) is 11.1 Å². The Labute approximate surface area is 86.3 Å². The summed E-state index contributed by atoms with van der Waals surface area (Å²) in [5.74, 6) is 0.117. The molecule has 1 aromatic carbocycles. The molecule has 0 aliphatic carbocycles. The second-order valence-electron chi connectivity index (χ2n) is 3.05. The first-order valence-electron chi connectivity index (χ1n) is 4.45. The largest absolute Gasteiger partial charge is 0.461 e. The van der Waals surface area contributed by atoms with E-state index in [1.165, 1.54) is 6.26 Å². The monoisotopic (exact) mass is 200 g/mol. The van der Waals surface area contributed by atoms with Gasteiger partial charge in [-0.15, -0.1) is 0 Å². The Hall–Kier alpha value is -2.16. The lowest BCUT2D eigenvalue weighted by molar-refractivity contribution is 0.101. The highest BCUT2D eigenvalue weighted by atomic mass is 16.3.